The smallest absolute Gasteiger partial charge is 0.336 e. The molecule has 84 valence electrons. The van der Waals surface area contributed by atoms with Crippen molar-refractivity contribution in [2.24, 2.45) is 0 Å². The zero-order valence-electron chi connectivity index (χ0n) is 9.15. The Morgan fingerprint density at radius 2 is 2.19 bits per heavy atom. The van der Waals surface area contributed by atoms with Crippen molar-refractivity contribution in [2.45, 2.75) is 31.7 Å². The van der Waals surface area contributed by atoms with Crippen LogP contribution in [-0.4, -0.2) is 23.7 Å². The van der Waals surface area contributed by atoms with Crippen LogP contribution < -0.4 is 4.90 Å². The molecule has 1 aliphatic carbocycles. The van der Waals surface area contributed by atoms with E-state index in [2.05, 4.69) is 11.0 Å². The van der Waals surface area contributed by atoms with Crippen LogP contribution in [0, 0.1) is 0 Å². The van der Waals surface area contributed by atoms with E-state index in [1.807, 2.05) is 6.07 Å². The van der Waals surface area contributed by atoms with Crippen LogP contribution >= 0.6 is 0 Å². The molecule has 1 fully saturated rings. The van der Waals surface area contributed by atoms with Crippen molar-refractivity contribution in [3.05, 3.63) is 29.3 Å². The molecule has 3 heteroatoms. The molecule has 0 amide bonds. The van der Waals surface area contributed by atoms with Gasteiger partial charge in [0, 0.05) is 18.3 Å². The topological polar surface area (TPSA) is 40.5 Å². The van der Waals surface area contributed by atoms with E-state index >= 15 is 0 Å². The third kappa shape index (κ3) is 1.31. The van der Waals surface area contributed by atoms with Gasteiger partial charge in [-0.3, -0.25) is 0 Å². The summed E-state index contributed by atoms with van der Waals surface area (Å²) in [7, 11) is 0. The quantitative estimate of drug-likeness (QED) is 0.826. The Hall–Kier alpha value is -1.51. The summed E-state index contributed by atoms with van der Waals surface area (Å²) >= 11 is 0. The van der Waals surface area contributed by atoms with Crippen LogP contribution in [0.5, 0.6) is 0 Å². The fourth-order valence-corrected chi connectivity index (χ4v) is 2.74. The minimum absolute atomic E-state index is 0.485. The molecular formula is C13H15NO2. The Kier molecular flexibility index (Phi) is 2.13. The highest BCUT2D eigenvalue weighted by Gasteiger charge is 2.31. The molecule has 16 heavy (non-hydrogen) atoms. The second kappa shape index (κ2) is 3.51. The van der Waals surface area contributed by atoms with Gasteiger partial charge in [0.05, 0.1) is 5.56 Å². The summed E-state index contributed by atoms with van der Waals surface area (Å²) in [4.78, 5) is 13.5. The van der Waals surface area contributed by atoms with Crippen LogP contribution in [0.1, 0.15) is 35.2 Å². The number of carbonyl (C=O) groups is 1. The summed E-state index contributed by atoms with van der Waals surface area (Å²) in [6.07, 6.45) is 4.72. The van der Waals surface area contributed by atoms with Crippen LogP contribution in [-0.2, 0) is 6.42 Å². The van der Waals surface area contributed by atoms with Crippen molar-refractivity contribution in [2.75, 3.05) is 11.4 Å². The second-order valence-corrected chi connectivity index (χ2v) is 4.64. The molecule has 3 rings (SSSR count). The fraction of sp³-hybridized carbons (Fsp3) is 0.462. The van der Waals surface area contributed by atoms with Crippen LogP contribution in [0.15, 0.2) is 18.2 Å². The monoisotopic (exact) mass is 217 g/mol. The minimum Gasteiger partial charge on any atom is -0.478 e. The van der Waals surface area contributed by atoms with E-state index in [-0.39, 0.29) is 0 Å². The third-order valence-electron chi connectivity index (χ3n) is 3.81. The molecule has 1 heterocycles. The lowest BCUT2D eigenvalue weighted by atomic mass is 9.91. The lowest BCUT2D eigenvalue weighted by molar-refractivity contribution is 0.0696. The fourth-order valence-electron chi connectivity index (χ4n) is 2.74. The van der Waals surface area contributed by atoms with Gasteiger partial charge in [-0.25, -0.2) is 4.79 Å². The molecule has 0 atom stereocenters. The van der Waals surface area contributed by atoms with Crippen LogP contribution in [0.25, 0.3) is 0 Å². The van der Waals surface area contributed by atoms with Gasteiger partial charge in [0.2, 0.25) is 0 Å². The Morgan fingerprint density at radius 1 is 1.38 bits per heavy atom. The lowest BCUT2D eigenvalue weighted by Gasteiger charge is -2.36. The van der Waals surface area contributed by atoms with Crippen LogP contribution in [0.4, 0.5) is 5.69 Å². The van der Waals surface area contributed by atoms with E-state index < -0.39 is 5.97 Å². The summed E-state index contributed by atoms with van der Waals surface area (Å²) in [5, 5.41) is 9.13. The van der Waals surface area contributed by atoms with Crippen molar-refractivity contribution in [1.82, 2.24) is 0 Å². The highest BCUT2D eigenvalue weighted by Crippen LogP contribution is 2.37. The van der Waals surface area contributed by atoms with Gasteiger partial charge in [0.15, 0.2) is 0 Å². The first-order valence-electron chi connectivity index (χ1n) is 5.89. The van der Waals surface area contributed by atoms with E-state index in [4.69, 9.17) is 5.11 Å². The summed E-state index contributed by atoms with van der Waals surface area (Å²) in [5.74, 6) is -0.799. The number of benzene rings is 1. The van der Waals surface area contributed by atoms with Crippen molar-refractivity contribution in [1.29, 1.82) is 0 Å². The number of hydrogen-bond acceptors (Lipinski definition) is 2. The first-order chi connectivity index (χ1) is 7.77. The number of carboxylic acids is 1. The molecular weight excluding hydrogens is 202 g/mol. The third-order valence-corrected chi connectivity index (χ3v) is 3.81. The number of nitrogens with zero attached hydrogens (tertiary/aromatic N) is 1. The maximum absolute atomic E-state index is 11.1. The van der Waals surface area contributed by atoms with Crippen molar-refractivity contribution in [3.8, 4) is 0 Å². The number of fused-ring (bicyclic) bond motifs is 1. The normalized spacial score (nSPS) is 19.4. The van der Waals surface area contributed by atoms with Crippen molar-refractivity contribution in [3.63, 3.8) is 0 Å². The lowest BCUT2D eigenvalue weighted by Crippen LogP contribution is -2.38. The molecule has 1 aliphatic heterocycles. The molecule has 1 aromatic rings. The van der Waals surface area contributed by atoms with E-state index in [0.29, 0.717) is 11.6 Å². The van der Waals surface area contributed by atoms with E-state index in [9.17, 15) is 4.79 Å². The van der Waals surface area contributed by atoms with Gasteiger partial charge < -0.3 is 10.0 Å². The Bertz CT molecular complexity index is 438. The van der Waals surface area contributed by atoms with E-state index in [1.165, 1.54) is 19.3 Å². The Balaban J connectivity index is 1.99. The number of anilines is 1. The molecule has 3 nitrogen and oxygen atoms in total. The van der Waals surface area contributed by atoms with Gasteiger partial charge in [-0.05, 0) is 43.4 Å². The largest absolute Gasteiger partial charge is 0.478 e. The first kappa shape index (κ1) is 9.70. The molecule has 0 aromatic heterocycles. The summed E-state index contributed by atoms with van der Waals surface area (Å²) in [6, 6.07) is 6.29. The van der Waals surface area contributed by atoms with Crippen molar-refractivity contribution >= 4 is 11.7 Å². The number of carboxylic acid groups (broad SMARTS) is 1. The molecule has 0 saturated heterocycles. The van der Waals surface area contributed by atoms with Gasteiger partial charge in [-0.15, -0.1) is 0 Å². The molecule has 2 aliphatic rings. The molecule has 1 aromatic carbocycles. The molecule has 0 spiro atoms. The van der Waals surface area contributed by atoms with Crippen LogP contribution in [0.3, 0.4) is 0 Å². The number of rotatable bonds is 2. The van der Waals surface area contributed by atoms with Gasteiger partial charge in [0.25, 0.3) is 0 Å². The van der Waals surface area contributed by atoms with Gasteiger partial charge in [-0.1, -0.05) is 6.07 Å². The molecule has 0 radical (unpaired) electrons. The summed E-state index contributed by atoms with van der Waals surface area (Å²) < 4.78 is 0. The van der Waals surface area contributed by atoms with E-state index in [1.54, 1.807) is 6.07 Å². The second-order valence-electron chi connectivity index (χ2n) is 4.64. The minimum atomic E-state index is -0.799. The standard InChI is InChI=1S/C13H15NO2/c15-13(16)11-5-2-6-12-10(11)7-8-14(12)9-3-1-4-9/h2,5-6,9H,1,3-4,7-8H2,(H,15,16). The maximum atomic E-state index is 11.1. The van der Waals surface area contributed by atoms with Gasteiger partial charge >= 0.3 is 5.97 Å². The predicted molar refractivity (Wildman–Crippen MR) is 62.1 cm³/mol. The SMILES string of the molecule is O=C(O)c1cccc2c1CCN2C1CCC1. The zero-order chi connectivity index (χ0) is 11.1. The first-order valence-corrected chi connectivity index (χ1v) is 5.89. The predicted octanol–water partition coefficient (Wildman–Crippen LogP) is 2.30. The maximum Gasteiger partial charge on any atom is 0.336 e. The highest BCUT2D eigenvalue weighted by atomic mass is 16.4. The summed E-state index contributed by atoms with van der Waals surface area (Å²) in [6.45, 7) is 0.990. The highest BCUT2D eigenvalue weighted by molar-refractivity contribution is 5.92. The van der Waals surface area contributed by atoms with Gasteiger partial charge in [-0.2, -0.15) is 0 Å². The molecule has 0 bridgehead atoms. The van der Waals surface area contributed by atoms with Crippen LogP contribution in [0.2, 0.25) is 0 Å². The number of hydrogen-bond donors (Lipinski definition) is 1. The Labute approximate surface area is 94.7 Å². The number of aromatic carboxylic acids is 1. The molecule has 0 unspecified atom stereocenters. The summed E-state index contributed by atoms with van der Waals surface area (Å²) in [5.41, 5.74) is 2.67. The van der Waals surface area contributed by atoms with Crippen molar-refractivity contribution < 1.29 is 9.90 Å². The average molecular weight is 217 g/mol. The average Bonchev–Trinajstić information content (AvgIpc) is 2.59. The van der Waals surface area contributed by atoms with E-state index in [0.717, 1.165) is 24.2 Å². The molecule has 1 N–H and O–H groups in total. The zero-order valence-corrected chi connectivity index (χ0v) is 9.15. The molecule has 1 saturated carbocycles. The Morgan fingerprint density at radius 3 is 2.81 bits per heavy atom. The van der Waals surface area contributed by atoms with Gasteiger partial charge in [0.1, 0.15) is 0 Å².